The van der Waals surface area contributed by atoms with Gasteiger partial charge >= 0.3 is 0 Å². The summed E-state index contributed by atoms with van der Waals surface area (Å²) in [7, 11) is 0. The third kappa shape index (κ3) is 4.63. The molecule has 0 aliphatic heterocycles. The molecule has 1 N–H and O–H groups in total. The van der Waals surface area contributed by atoms with Crippen LogP contribution in [0.15, 0.2) is 43.0 Å². The Balaban J connectivity index is 1.79. The third-order valence-electron chi connectivity index (χ3n) is 3.05. The van der Waals surface area contributed by atoms with E-state index >= 15 is 0 Å². The summed E-state index contributed by atoms with van der Waals surface area (Å²) >= 11 is 0. The van der Waals surface area contributed by atoms with Crippen LogP contribution in [-0.2, 0) is 13.0 Å². The Labute approximate surface area is 120 Å². The zero-order chi connectivity index (χ0) is 14.0. The van der Waals surface area contributed by atoms with Gasteiger partial charge in [-0.25, -0.2) is 0 Å². The lowest BCUT2D eigenvalue weighted by Crippen LogP contribution is -2.13. The number of hydrogen-bond acceptors (Lipinski definition) is 4. The highest BCUT2D eigenvalue weighted by Gasteiger charge is 2.03. The minimum absolute atomic E-state index is 0.702. The smallest absolute Gasteiger partial charge is 0.142 e. The summed E-state index contributed by atoms with van der Waals surface area (Å²) in [6.45, 7) is 4.56. The molecule has 0 saturated heterocycles. The molecule has 0 aliphatic carbocycles. The number of aromatic nitrogens is 2. The molecule has 0 saturated carbocycles. The fourth-order valence-corrected chi connectivity index (χ4v) is 1.95. The molecule has 2 aromatic rings. The Kier molecular flexibility index (Phi) is 5.99. The van der Waals surface area contributed by atoms with E-state index in [2.05, 4.69) is 22.2 Å². The summed E-state index contributed by atoms with van der Waals surface area (Å²) < 4.78 is 5.84. The zero-order valence-corrected chi connectivity index (χ0v) is 11.9. The highest BCUT2D eigenvalue weighted by Crippen LogP contribution is 2.16. The van der Waals surface area contributed by atoms with Crippen LogP contribution < -0.4 is 10.1 Å². The Hall–Kier alpha value is -1.94. The maximum absolute atomic E-state index is 5.84. The normalized spacial score (nSPS) is 10.4. The minimum atomic E-state index is 0.702. The number of aryl methyl sites for hydroxylation is 1. The number of hydrogen-bond donors (Lipinski definition) is 1. The zero-order valence-electron chi connectivity index (χ0n) is 11.9. The van der Waals surface area contributed by atoms with Crippen LogP contribution in [0.5, 0.6) is 5.75 Å². The Morgan fingerprint density at radius 1 is 1.10 bits per heavy atom. The summed E-state index contributed by atoms with van der Waals surface area (Å²) in [4.78, 5) is 8.14. The first-order chi connectivity index (χ1) is 9.90. The number of nitrogens with zero attached hydrogens (tertiary/aromatic N) is 2. The van der Waals surface area contributed by atoms with E-state index < -0.39 is 0 Å². The molecule has 20 heavy (non-hydrogen) atoms. The molecular weight excluding hydrogens is 250 g/mol. The van der Waals surface area contributed by atoms with Crippen molar-refractivity contribution in [1.29, 1.82) is 0 Å². The van der Waals surface area contributed by atoms with Gasteiger partial charge in [-0.15, -0.1) is 0 Å². The van der Waals surface area contributed by atoms with Gasteiger partial charge in [0.15, 0.2) is 0 Å². The fourth-order valence-electron chi connectivity index (χ4n) is 1.95. The minimum Gasteiger partial charge on any atom is -0.492 e. The number of nitrogens with one attached hydrogen (secondary N) is 1. The molecule has 0 amide bonds. The van der Waals surface area contributed by atoms with E-state index in [1.807, 2.05) is 30.6 Å². The topological polar surface area (TPSA) is 47.0 Å². The van der Waals surface area contributed by atoms with Crippen molar-refractivity contribution in [3.05, 3.63) is 54.1 Å². The second-order valence-electron chi connectivity index (χ2n) is 4.57. The van der Waals surface area contributed by atoms with Crippen molar-refractivity contribution in [1.82, 2.24) is 15.3 Å². The summed E-state index contributed by atoms with van der Waals surface area (Å²) in [6, 6.07) is 6.09. The summed E-state index contributed by atoms with van der Waals surface area (Å²) in [5, 5.41) is 3.31. The second kappa shape index (κ2) is 8.27. The van der Waals surface area contributed by atoms with E-state index in [-0.39, 0.29) is 0 Å². The molecule has 4 heteroatoms. The van der Waals surface area contributed by atoms with Gasteiger partial charge in [-0.2, -0.15) is 0 Å². The molecule has 2 rings (SSSR count). The average molecular weight is 271 g/mol. The fraction of sp³-hybridized carbons (Fsp3) is 0.375. The molecule has 0 atom stereocenters. The van der Waals surface area contributed by atoms with Crippen molar-refractivity contribution in [3.8, 4) is 5.75 Å². The SMILES string of the molecule is CCNCc1ccncc1OCCCc1ccncc1. The monoisotopic (exact) mass is 271 g/mol. The van der Waals surface area contributed by atoms with E-state index in [1.54, 1.807) is 12.4 Å². The van der Waals surface area contributed by atoms with E-state index in [0.29, 0.717) is 6.61 Å². The molecule has 0 fully saturated rings. The van der Waals surface area contributed by atoms with Gasteiger partial charge in [0.05, 0.1) is 12.8 Å². The lowest BCUT2D eigenvalue weighted by atomic mass is 10.1. The highest BCUT2D eigenvalue weighted by atomic mass is 16.5. The summed E-state index contributed by atoms with van der Waals surface area (Å²) in [5.74, 6) is 0.878. The largest absolute Gasteiger partial charge is 0.492 e. The Bertz CT molecular complexity index is 502. The van der Waals surface area contributed by atoms with E-state index in [9.17, 15) is 0 Å². The number of ether oxygens (including phenoxy) is 1. The molecule has 106 valence electrons. The predicted octanol–water partition coefficient (Wildman–Crippen LogP) is 2.60. The van der Waals surface area contributed by atoms with Gasteiger partial charge in [-0.05, 0) is 43.1 Å². The van der Waals surface area contributed by atoms with E-state index in [0.717, 1.165) is 37.2 Å². The van der Waals surface area contributed by atoms with Crippen molar-refractivity contribution in [3.63, 3.8) is 0 Å². The molecule has 0 aliphatic rings. The van der Waals surface area contributed by atoms with Crippen molar-refractivity contribution < 1.29 is 4.74 Å². The van der Waals surface area contributed by atoms with Gasteiger partial charge in [-0.1, -0.05) is 6.92 Å². The molecule has 2 heterocycles. The van der Waals surface area contributed by atoms with Gasteiger partial charge in [0, 0.05) is 30.7 Å². The van der Waals surface area contributed by atoms with Crippen LogP contribution >= 0.6 is 0 Å². The second-order valence-corrected chi connectivity index (χ2v) is 4.57. The van der Waals surface area contributed by atoms with Crippen LogP contribution in [-0.4, -0.2) is 23.1 Å². The van der Waals surface area contributed by atoms with E-state index in [1.165, 1.54) is 5.56 Å². The molecule has 0 unspecified atom stereocenters. The maximum atomic E-state index is 5.84. The van der Waals surface area contributed by atoms with Crippen molar-refractivity contribution >= 4 is 0 Å². The van der Waals surface area contributed by atoms with E-state index in [4.69, 9.17) is 4.74 Å². The average Bonchev–Trinajstić information content (AvgIpc) is 2.51. The molecule has 0 aromatic carbocycles. The molecule has 4 nitrogen and oxygen atoms in total. The van der Waals surface area contributed by atoms with Gasteiger partial charge in [0.2, 0.25) is 0 Å². The molecular formula is C16H21N3O. The van der Waals surface area contributed by atoms with Crippen LogP contribution in [0.25, 0.3) is 0 Å². The van der Waals surface area contributed by atoms with Gasteiger partial charge < -0.3 is 10.1 Å². The maximum Gasteiger partial charge on any atom is 0.142 e. The standard InChI is InChI=1S/C16H21N3O/c1-2-17-12-15-7-10-19-13-16(15)20-11-3-4-14-5-8-18-9-6-14/h5-10,13,17H,2-4,11-12H2,1H3. The summed E-state index contributed by atoms with van der Waals surface area (Å²) in [5.41, 5.74) is 2.45. The quantitative estimate of drug-likeness (QED) is 0.750. The third-order valence-corrected chi connectivity index (χ3v) is 3.05. The summed E-state index contributed by atoms with van der Waals surface area (Å²) in [6.07, 6.45) is 9.23. The van der Waals surface area contributed by atoms with Crippen molar-refractivity contribution in [2.75, 3.05) is 13.2 Å². The lowest BCUT2D eigenvalue weighted by Gasteiger charge is -2.11. The number of pyridine rings is 2. The van der Waals surface area contributed by atoms with Crippen molar-refractivity contribution in [2.24, 2.45) is 0 Å². The first kappa shape index (κ1) is 14.5. The van der Waals surface area contributed by atoms with Crippen LogP contribution in [0.2, 0.25) is 0 Å². The van der Waals surface area contributed by atoms with Gasteiger partial charge in [-0.3, -0.25) is 9.97 Å². The van der Waals surface area contributed by atoms with Crippen molar-refractivity contribution in [2.45, 2.75) is 26.3 Å². The molecule has 0 bridgehead atoms. The Morgan fingerprint density at radius 3 is 2.70 bits per heavy atom. The van der Waals surface area contributed by atoms with Crippen LogP contribution in [0, 0.1) is 0 Å². The predicted molar refractivity (Wildman–Crippen MR) is 79.7 cm³/mol. The van der Waals surface area contributed by atoms with Gasteiger partial charge in [0.1, 0.15) is 5.75 Å². The first-order valence-electron chi connectivity index (χ1n) is 7.05. The first-order valence-corrected chi connectivity index (χ1v) is 7.05. The number of rotatable bonds is 8. The molecule has 0 radical (unpaired) electrons. The molecule has 2 aromatic heterocycles. The lowest BCUT2D eigenvalue weighted by molar-refractivity contribution is 0.306. The van der Waals surface area contributed by atoms with Crippen LogP contribution in [0.3, 0.4) is 0 Å². The van der Waals surface area contributed by atoms with Gasteiger partial charge in [0.25, 0.3) is 0 Å². The Morgan fingerprint density at radius 2 is 1.90 bits per heavy atom. The van der Waals surface area contributed by atoms with Crippen LogP contribution in [0.4, 0.5) is 0 Å². The van der Waals surface area contributed by atoms with Crippen LogP contribution in [0.1, 0.15) is 24.5 Å². The molecule has 0 spiro atoms. The highest BCUT2D eigenvalue weighted by molar-refractivity contribution is 5.29.